The minimum atomic E-state index is 0.597. The van der Waals surface area contributed by atoms with Crippen molar-refractivity contribution in [2.75, 3.05) is 25.6 Å². The molecule has 1 aromatic rings. The van der Waals surface area contributed by atoms with E-state index in [0.29, 0.717) is 5.92 Å². The average molecular weight is 219 g/mol. The molecule has 0 spiro atoms. The molecule has 0 aromatic heterocycles. The molecular formula is C14H21NO. The van der Waals surface area contributed by atoms with Gasteiger partial charge < -0.3 is 10.1 Å². The average Bonchev–Trinajstić information content (AvgIpc) is 2.29. The van der Waals surface area contributed by atoms with E-state index in [-0.39, 0.29) is 0 Å². The van der Waals surface area contributed by atoms with E-state index < -0.39 is 0 Å². The Balaban J connectivity index is 2.05. The number of anilines is 1. The quantitative estimate of drug-likeness (QED) is 0.840. The Morgan fingerprint density at radius 3 is 3.12 bits per heavy atom. The third kappa shape index (κ3) is 2.76. The molecule has 0 aliphatic carbocycles. The van der Waals surface area contributed by atoms with Crippen LogP contribution in [0, 0.1) is 5.92 Å². The maximum Gasteiger partial charge on any atom is 0.0491 e. The van der Waals surface area contributed by atoms with Crippen molar-refractivity contribution in [1.29, 1.82) is 0 Å². The van der Waals surface area contributed by atoms with Crippen LogP contribution in [0.3, 0.4) is 0 Å². The van der Waals surface area contributed by atoms with Gasteiger partial charge in [0.2, 0.25) is 0 Å². The van der Waals surface area contributed by atoms with Gasteiger partial charge >= 0.3 is 0 Å². The zero-order valence-corrected chi connectivity index (χ0v) is 10.3. The summed E-state index contributed by atoms with van der Waals surface area (Å²) in [5.41, 5.74) is 4.25. The molecule has 88 valence electrons. The lowest BCUT2D eigenvalue weighted by molar-refractivity contribution is 0.159. The molecule has 1 atom stereocenters. The van der Waals surface area contributed by atoms with Crippen molar-refractivity contribution < 1.29 is 4.74 Å². The lowest BCUT2D eigenvalue weighted by Gasteiger charge is -2.19. The van der Waals surface area contributed by atoms with E-state index in [2.05, 4.69) is 30.4 Å². The SMILES string of the molecule is COCC(C)Cc1ccc2c(c1)CCCN2. The Morgan fingerprint density at radius 2 is 2.31 bits per heavy atom. The number of fused-ring (bicyclic) bond motifs is 1. The number of hydrogen-bond donors (Lipinski definition) is 1. The lowest BCUT2D eigenvalue weighted by atomic mass is 9.96. The largest absolute Gasteiger partial charge is 0.385 e. The molecule has 1 aliphatic rings. The predicted octanol–water partition coefficient (Wildman–Crippen LogP) is 2.87. The Hall–Kier alpha value is -1.02. The van der Waals surface area contributed by atoms with Crippen molar-refractivity contribution in [1.82, 2.24) is 0 Å². The van der Waals surface area contributed by atoms with Gasteiger partial charge in [0.25, 0.3) is 0 Å². The van der Waals surface area contributed by atoms with E-state index in [1.165, 1.54) is 29.7 Å². The third-order valence-corrected chi connectivity index (χ3v) is 3.14. The van der Waals surface area contributed by atoms with Gasteiger partial charge in [0.15, 0.2) is 0 Å². The summed E-state index contributed by atoms with van der Waals surface area (Å²) < 4.78 is 5.18. The summed E-state index contributed by atoms with van der Waals surface area (Å²) in [5.74, 6) is 0.597. The summed E-state index contributed by atoms with van der Waals surface area (Å²) in [6.45, 7) is 4.20. The molecule has 0 bridgehead atoms. The monoisotopic (exact) mass is 219 g/mol. The van der Waals surface area contributed by atoms with Crippen LogP contribution in [0.25, 0.3) is 0 Å². The first-order valence-electron chi connectivity index (χ1n) is 6.14. The van der Waals surface area contributed by atoms with Crippen LogP contribution >= 0.6 is 0 Å². The van der Waals surface area contributed by atoms with Crippen molar-refractivity contribution in [3.8, 4) is 0 Å². The second-order valence-electron chi connectivity index (χ2n) is 4.79. The van der Waals surface area contributed by atoms with Gasteiger partial charge in [-0.25, -0.2) is 0 Å². The summed E-state index contributed by atoms with van der Waals surface area (Å²) in [7, 11) is 1.77. The Labute approximate surface area is 98.0 Å². The maximum atomic E-state index is 5.18. The minimum absolute atomic E-state index is 0.597. The first-order chi connectivity index (χ1) is 7.79. The fourth-order valence-electron chi connectivity index (χ4n) is 2.40. The van der Waals surface area contributed by atoms with E-state index in [9.17, 15) is 0 Å². The van der Waals surface area contributed by atoms with Crippen LogP contribution in [0.15, 0.2) is 18.2 Å². The fraction of sp³-hybridized carbons (Fsp3) is 0.571. The molecule has 2 heteroatoms. The van der Waals surface area contributed by atoms with Crippen LogP contribution in [-0.4, -0.2) is 20.3 Å². The second-order valence-corrected chi connectivity index (χ2v) is 4.79. The Bertz CT molecular complexity index is 349. The van der Waals surface area contributed by atoms with Crippen molar-refractivity contribution in [2.24, 2.45) is 5.92 Å². The molecule has 1 unspecified atom stereocenters. The maximum absolute atomic E-state index is 5.18. The van der Waals surface area contributed by atoms with Gasteiger partial charge in [-0.15, -0.1) is 0 Å². The van der Waals surface area contributed by atoms with Crippen molar-refractivity contribution in [3.63, 3.8) is 0 Å². The molecular weight excluding hydrogens is 198 g/mol. The van der Waals surface area contributed by atoms with Crippen LogP contribution in [0.4, 0.5) is 5.69 Å². The van der Waals surface area contributed by atoms with Gasteiger partial charge in [0, 0.05) is 25.9 Å². The Morgan fingerprint density at radius 1 is 1.44 bits per heavy atom. The number of nitrogens with one attached hydrogen (secondary N) is 1. The first kappa shape index (κ1) is 11.5. The van der Waals surface area contributed by atoms with Crippen LogP contribution in [0.2, 0.25) is 0 Å². The zero-order valence-electron chi connectivity index (χ0n) is 10.3. The van der Waals surface area contributed by atoms with Crippen LogP contribution in [-0.2, 0) is 17.6 Å². The van der Waals surface area contributed by atoms with E-state index in [0.717, 1.165) is 19.6 Å². The number of aryl methyl sites for hydroxylation is 1. The highest BCUT2D eigenvalue weighted by Gasteiger charge is 2.10. The molecule has 0 radical (unpaired) electrons. The normalized spacial score (nSPS) is 16.4. The van der Waals surface area contributed by atoms with Crippen LogP contribution in [0.5, 0.6) is 0 Å². The molecule has 0 saturated carbocycles. The standard InChI is InChI=1S/C14H21NO/c1-11(10-16-2)8-12-5-6-14-13(9-12)4-3-7-15-14/h5-6,9,11,15H,3-4,7-8,10H2,1-2H3. The lowest BCUT2D eigenvalue weighted by Crippen LogP contribution is -2.12. The molecule has 1 N–H and O–H groups in total. The summed E-state index contributed by atoms with van der Waals surface area (Å²) in [6.07, 6.45) is 3.58. The summed E-state index contributed by atoms with van der Waals surface area (Å²) in [5, 5.41) is 3.44. The molecule has 1 aromatic carbocycles. The Kier molecular flexibility index (Phi) is 3.83. The van der Waals surface area contributed by atoms with Gasteiger partial charge in [-0.2, -0.15) is 0 Å². The molecule has 1 aliphatic heterocycles. The molecule has 0 amide bonds. The summed E-state index contributed by atoms with van der Waals surface area (Å²) in [4.78, 5) is 0. The van der Waals surface area contributed by atoms with Gasteiger partial charge in [-0.3, -0.25) is 0 Å². The van der Waals surface area contributed by atoms with Gasteiger partial charge in [-0.1, -0.05) is 19.1 Å². The second kappa shape index (κ2) is 5.35. The molecule has 2 nitrogen and oxygen atoms in total. The molecule has 2 rings (SSSR count). The molecule has 0 saturated heterocycles. The number of benzene rings is 1. The van der Waals surface area contributed by atoms with E-state index in [1.807, 2.05) is 0 Å². The highest BCUT2D eigenvalue weighted by molar-refractivity contribution is 5.54. The van der Waals surface area contributed by atoms with Crippen molar-refractivity contribution >= 4 is 5.69 Å². The first-order valence-corrected chi connectivity index (χ1v) is 6.14. The summed E-state index contributed by atoms with van der Waals surface area (Å²) in [6, 6.07) is 6.82. The van der Waals surface area contributed by atoms with Crippen LogP contribution in [0.1, 0.15) is 24.5 Å². The number of ether oxygens (including phenoxy) is 1. The predicted molar refractivity (Wildman–Crippen MR) is 68.0 cm³/mol. The van der Waals surface area contributed by atoms with Gasteiger partial charge in [0.1, 0.15) is 0 Å². The minimum Gasteiger partial charge on any atom is -0.385 e. The number of hydrogen-bond acceptors (Lipinski definition) is 2. The zero-order chi connectivity index (χ0) is 11.4. The fourth-order valence-corrected chi connectivity index (χ4v) is 2.40. The highest BCUT2D eigenvalue weighted by atomic mass is 16.5. The topological polar surface area (TPSA) is 21.3 Å². The van der Waals surface area contributed by atoms with Gasteiger partial charge in [-0.05, 0) is 42.4 Å². The third-order valence-electron chi connectivity index (χ3n) is 3.14. The number of rotatable bonds is 4. The van der Waals surface area contributed by atoms with Crippen molar-refractivity contribution in [3.05, 3.63) is 29.3 Å². The highest BCUT2D eigenvalue weighted by Crippen LogP contribution is 2.24. The van der Waals surface area contributed by atoms with E-state index >= 15 is 0 Å². The van der Waals surface area contributed by atoms with Crippen molar-refractivity contribution in [2.45, 2.75) is 26.2 Å². The molecule has 0 fully saturated rings. The van der Waals surface area contributed by atoms with Gasteiger partial charge in [0.05, 0.1) is 0 Å². The molecule has 1 heterocycles. The van der Waals surface area contributed by atoms with E-state index in [4.69, 9.17) is 4.74 Å². The number of methoxy groups -OCH3 is 1. The van der Waals surface area contributed by atoms with E-state index in [1.54, 1.807) is 7.11 Å². The summed E-state index contributed by atoms with van der Waals surface area (Å²) >= 11 is 0. The smallest absolute Gasteiger partial charge is 0.0491 e. The van der Waals surface area contributed by atoms with Crippen LogP contribution < -0.4 is 5.32 Å². The molecule has 16 heavy (non-hydrogen) atoms.